The van der Waals surface area contributed by atoms with Crippen LogP contribution in [0.25, 0.3) is 10.9 Å². The number of H-pyrrole nitrogens is 1. The standard InChI is InChI=1S/C46H56N4O10.C4H6O6/c1-7-42(55)22-28-23-45(40(53)58-5,36-30(14-18-48(24-28)25-42)29-12-9-10-13-33(29)47-36)32-20-31-34(21-35(32)57-4)50(26-51)38-44(31)16-19-49-17-11-15-43(8-2,37(44)49)39(60-27(3)52)46(38,56)41(54)59-6;5-1(3(7)8)2(6)4(9)10/h9-13,15,20-21,26,28,37-39,47,55-56H,7-8,14,16-19,22-25H2,1-6H3;1-2,5-6H,(H,7,8)(H,9,10)/t28-,37+,38-,39-,42+,43-,44-,45+,46+;/m1./s1. The molecular weight excluding hydrogens is 913 g/mol. The van der Waals surface area contributed by atoms with E-state index in [1.165, 1.54) is 33.2 Å². The summed E-state index contributed by atoms with van der Waals surface area (Å²) in [7, 11) is 4.09. The number of hydrogen-bond donors (Lipinski definition) is 7. The molecule has 6 heterocycles. The molecule has 2 aromatic carbocycles. The van der Waals surface area contributed by atoms with Gasteiger partial charge in [-0.2, -0.15) is 0 Å². The summed E-state index contributed by atoms with van der Waals surface area (Å²) < 4.78 is 23.7. The summed E-state index contributed by atoms with van der Waals surface area (Å²) in [6.45, 7) is 8.16. The number of benzene rings is 2. The lowest BCUT2D eigenvalue weighted by atomic mass is 9.47. The number of nitrogens with one attached hydrogen (secondary N) is 1. The highest BCUT2D eigenvalue weighted by Gasteiger charge is 2.81. The summed E-state index contributed by atoms with van der Waals surface area (Å²) in [5.74, 6) is -5.60. The molecule has 20 nitrogen and oxygen atoms in total. The quantitative estimate of drug-likeness (QED) is 0.0619. The Morgan fingerprint density at radius 3 is 2.19 bits per heavy atom. The smallest absolute Gasteiger partial charge is 0.344 e. The highest BCUT2D eigenvalue weighted by atomic mass is 16.6. The maximum absolute atomic E-state index is 15.3. The fourth-order valence-electron chi connectivity index (χ4n) is 13.6. The number of aromatic nitrogens is 1. The van der Waals surface area contributed by atoms with Gasteiger partial charge in [0, 0.05) is 78.2 Å². The normalized spacial score (nSPS) is 33.5. The summed E-state index contributed by atoms with van der Waals surface area (Å²) in [5, 5.41) is 58.8. The number of para-hydroxylation sites is 1. The molecule has 1 saturated carbocycles. The van der Waals surface area contributed by atoms with Gasteiger partial charge in [-0.15, -0.1) is 0 Å². The number of anilines is 1. The minimum atomic E-state index is -2.53. The first-order valence-electron chi connectivity index (χ1n) is 23.5. The third kappa shape index (κ3) is 7.31. The lowest BCUT2D eigenvalue weighted by Gasteiger charge is -2.63. The number of aromatic amines is 1. The molecule has 5 aliphatic heterocycles. The summed E-state index contributed by atoms with van der Waals surface area (Å²) in [5.41, 5.74) is -3.15. The molecule has 9 rings (SSSR count). The Bertz CT molecular complexity index is 2620. The molecule has 1 amide bonds. The van der Waals surface area contributed by atoms with Crippen molar-refractivity contribution in [1.29, 1.82) is 0 Å². The third-order valence-corrected chi connectivity index (χ3v) is 16.3. The molecule has 1 aliphatic carbocycles. The number of aliphatic hydroxyl groups excluding tert-OH is 2. The van der Waals surface area contributed by atoms with Crippen LogP contribution in [0.1, 0.15) is 75.3 Å². The molecule has 3 fully saturated rings. The van der Waals surface area contributed by atoms with Gasteiger partial charge in [-0.25, -0.2) is 14.4 Å². The molecule has 1 spiro atoms. The number of methoxy groups -OCH3 is 3. The first kappa shape index (κ1) is 50.5. The van der Waals surface area contributed by atoms with Gasteiger partial charge in [0.2, 0.25) is 12.0 Å². The summed E-state index contributed by atoms with van der Waals surface area (Å²) in [4.78, 5) is 85.7. The van der Waals surface area contributed by atoms with E-state index >= 15 is 4.79 Å². The maximum atomic E-state index is 15.3. The van der Waals surface area contributed by atoms with E-state index < -0.39 is 87.7 Å². The van der Waals surface area contributed by atoms with E-state index in [0.29, 0.717) is 99.5 Å². The Hall–Kier alpha value is -5.90. The van der Waals surface area contributed by atoms with Gasteiger partial charge in [0.15, 0.2) is 18.3 Å². The highest BCUT2D eigenvalue weighted by molar-refractivity contribution is 5.96. The van der Waals surface area contributed by atoms with Crippen LogP contribution in [0.2, 0.25) is 0 Å². The number of aliphatic carboxylic acids is 2. The molecule has 378 valence electrons. The number of rotatable bonds is 11. The van der Waals surface area contributed by atoms with Crippen LogP contribution in [0, 0.1) is 11.3 Å². The monoisotopic (exact) mass is 974 g/mol. The van der Waals surface area contributed by atoms with E-state index in [1.807, 2.05) is 50.3 Å². The van der Waals surface area contributed by atoms with Crippen LogP contribution >= 0.6 is 0 Å². The second kappa shape index (κ2) is 18.4. The molecule has 0 radical (unpaired) electrons. The number of ether oxygens (including phenoxy) is 4. The molecule has 2 saturated heterocycles. The van der Waals surface area contributed by atoms with Crippen LogP contribution in [0.4, 0.5) is 5.69 Å². The molecule has 70 heavy (non-hydrogen) atoms. The number of esters is 3. The Morgan fingerprint density at radius 1 is 0.900 bits per heavy atom. The number of aliphatic hydroxyl groups is 4. The lowest BCUT2D eigenvalue weighted by molar-refractivity contribution is -0.228. The van der Waals surface area contributed by atoms with Gasteiger partial charge in [-0.1, -0.05) is 44.2 Å². The second-order valence-corrected chi connectivity index (χ2v) is 19.7. The maximum Gasteiger partial charge on any atom is 0.344 e. The van der Waals surface area contributed by atoms with E-state index in [0.717, 1.165) is 16.5 Å². The fourth-order valence-corrected chi connectivity index (χ4v) is 13.6. The molecule has 6 aliphatic rings. The number of nitrogens with zero attached hydrogens (tertiary/aromatic N) is 3. The SMILES string of the molecule is CC[C@]1(O)C[C@H]2CN(CCc3c([nH]c4ccccc34)[C@@](C(=O)OC)(c3cc4c(cc3OC)N(C=O)[C@H]3[C@@](O)(C(=O)OC)[C@H](OC(C)=O)[C@]5(CC)C=CCN6CC[C@]43[C@@H]65)C2)C1.O=C(O)C(O)C(O)C(=O)O. The van der Waals surface area contributed by atoms with Gasteiger partial charge in [0.25, 0.3) is 0 Å². The van der Waals surface area contributed by atoms with Gasteiger partial charge in [0.05, 0.1) is 38.7 Å². The van der Waals surface area contributed by atoms with E-state index in [1.54, 1.807) is 6.07 Å². The van der Waals surface area contributed by atoms with Crippen LogP contribution in [0.15, 0.2) is 48.6 Å². The zero-order chi connectivity index (χ0) is 50.9. The van der Waals surface area contributed by atoms with E-state index in [-0.39, 0.29) is 12.3 Å². The molecule has 7 N–H and O–H groups in total. The molecular formula is C50H62N4O16. The topological polar surface area (TPSA) is 286 Å². The Kier molecular flexibility index (Phi) is 13.2. The van der Waals surface area contributed by atoms with Crippen molar-refractivity contribution < 1.29 is 78.4 Å². The number of carbonyl (C=O) groups excluding carboxylic acids is 4. The molecule has 3 unspecified atom stereocenters. The average Bonchev–Trinajstić information content (AvgIpc) is 4.02. The Labute approximate surface area is 403 Å². The van der Waals surface area contributed by atoms with Gasteiger partial charge < -0.3 is 59.5 Å². The summed E-state index contributed by atoms with van der Waals surface area (Å²) >= 11 is 0. The number of piperidine rings is 1. The third-order valence-electron chi connectivity index (χ3n) is 16.3. The van der Waals surface area contributed by atoms with Crippen molar-refractivity contribution in [3.05, 3.63) is 70.9 Å². The van der Waals surface area contributed by atoms with Crippen molar-refractivity contribution in [3.63, 3.8) is 0 Å². The number of amides is 1. The van der Waals surface area contributed by atoms with E-state index in [2.05, 4.69) is 20.9 Å². The van der Waals surface area contributed by atoms with Crippen LogP contribution in [0.5, 0.6) is 5.75 Å². The van der Waals surface area contributed by atoms with Crippen LogP contribution in [-0.2, 0) is 60.2 Å². The Morgan fingerprint density at radius 2 is 1.59 bits per heavy atom. The average molecular weight is 975 g/mol. The zero-order valence-corrected chi connectivity index (χ0v) is 40.0. The van der Waals surface area contributed by atoms with Gasteiger partial charge in [0.1, 0.15) is 11.2 Å². The summed E-state index contributed by atoms with van der Waals surface area (Å²) in [6, 6.07) is 9.97. The first-order valence-corrected chi connectivity index (χ1v) is 23.5. The van der Waals surface area contributed by atoms with Crippen LogP contribution < -0.4 is 9.64 Å². The zero-order valence-electron chi connectivity index (χ0n) is 40.0. The highest BCUT2D eigenvalue weighted by Crippen LogP contribution is 2.68. The predicted molar refractivity (Wildman–Crippen MR) is 248 cm³/mol. The molecule has 20 heteroatoms. The Balaban J connectivity index is 0.000000595. The first-order chi connectivity index (χ1) is 33.2. The lowest BCUT2D eigenvalue weighted by Crippen LogP contribution is -2.81. The van der Waals surface area contributed by atoms with Crippen molar-refractivity contribution in [2.45, 2.75) is 112 Å². The minimum Gasteiger partial charge on any atom is -0.496 e. The van der Waals surface area contributed by atoms with E-state index in [9.17, 15) is 34.2 Å². The van der Waals surface area contributed by atoms with Gasteiger partial charge in [-0.05, 0) is 74.2 Å². The van der Waals surface area contributed by atoms with Crippen molar-refractivity contribution >= 4 is 52.8 Å². The number of hydrogen-bond acceptors (Lipinski definition) is 16. The van der Waals surface area contributed by atoms with Crippen LogP contribution in [-0.4, -0.2) is 177 Å². The largest absolute Gasteiger partial charge is 0.496 e. The number of carboxylic acids is 2. The predicted octanol–water partition coefficient (Wildman–Crippen LogP) is 1.39. The molecule has 1 aromatic heterocycles. The fraction of sp³-hybridized carbons (Fsp3) is 0.560. The van der Waals surface area contributed by atoms with Gasteiger partial charge >= 0.3 is 29.8 Å². The van der Waals surface area contributed by atoms with Crippen LogP contribution in [0.3, 0.4) is 0 Å². The molecule has 3 aromatic rings. The number of fused-ring (bicyclic) bond motifs is 6. The number of carbonyl (C=O) groups is 6. The van der Waals surface area contributed by atoms with Gasteiger partial charge in [-0.3, -0.25) is 24.2 Å². The van der Waals surface area contributed by atoms with Crippen molar-refractivity contribution in [1.82, 2.24) is 14.8 Å². The summed E-state index contributed by atoms with van der Waals surface area (Å²) in [6.07, 6.45) is 1.30. The van der Waals surface area contributed by atoms with Crippen molar-refractivity contribution in [2.75, 3.05) is 59.0 Å². The second-order valence-electron chi connectivity index (χ2n) is 19.7. The molecule has 12 atom stereocenters. The van der Waals surface area contributed by atoms with Crippen molar-refractivity contribution in [3.8, 4) is 5.75 Å². The number of carboxylic acid groups (broad SMARTS) is 2. The molecule has 2 bridgehead atoms. The van der Waals surface area contributed by atoms with Crippen molar-refractivity contribution in [2.24, 2.45) is 11.3 Å². The minimum absolute atomic E-state index is 0.155. The van der Waals surface area contributed by atoms with E-state index in [4.69, 9.17) is 39.4 Å².